The molecule has 0 aromatic heterocycles. The van der Waals surface area contributed by atoms with Crippen molar-refractivity contribution in [2.75, 3.05) is 6.61 Å². The maximum atomic E-state index is 8.87. The lowest BCUT2D eigenvalue weighted by Crippen LogP contribution is -2.02. The molecule has 1 nitrogen and oxygen atoms in total. The summed E-state index contributed by atoms with van der Waals surface area (Å²) in [4.78, 5) is 0. The smallest absolute Gasteiger partial charge is 0.0456 e. The number of aliphatic hydroxyl groups excluding tert-OH is 1. The predicted octanol–water partition coefficient (Wildman–Crippen LogP) is 3.01. The largest absolute Gasteiger partial charge is 0.396 e. The van der Waals surface area contributed by atoms with Gasteiger partial charge in [0.2, 0.25) is 0 Å². The molecule has 0 bridgehead atoms. The maximum Gasteiger partial charge on any atom is 0.0456 e. The van der Waals surface area contributed by atoms with E-state index in [1.807, 2.05) is 12.1 Å². The van der Waals surface area contributed by atoms with Gasteiger partial charge in [-0.25, -0.2) is 0 Å². The van der Waals surface area contributed by atoms with E-state index in [-0.39, 0.29) is 6.61 Å². The van der Waals surface area contributed by atoms with E-state index in [4.69, 9.17) is 5.11 Å². The molecular weight excluding hydrogens is 228 g/mol. The number of aryl methyl sites for hydroxylation is 1. The molecule has 72 valence electrons. The fourth-order valence-corrected chi connectivity index (χ4v) is 1.68. The number of rotatable bonds is 4. The molecular formula is C11H15BrO. The van der Waals surface area contributed by atoms with Gasteiger partial charge in [0.1, 0.15) is 0 Å². The maximum absolute atomic E-state index is 8.87. The normalized spacial score (nSPS) is 12.8. The standard InChI is InChI=1S/C11H15BrO/c1-9(8-13)6-7-10-4-2-3-5-11(10)12/h2-5,9,13H,6-8H2,1H3. The van der Waals surface area contributed by atoms with Crippen LogP contribution in [0.3, 0.4) is 0 Å². The molecule has 0 aliphatic carbocycles. The summed E-state index contributed by atoms with van der Waals surface area (Å²) in [5.41, 5.74) is 1.32. The molecule has 1 aromatic rings. The van der Waals surface area contributed by atoms with E-state index in [1.54, 1.807) is 0 Å². The van der Waals surface area contributed by atoms with E-state index in [9.17, 15) is 0 Å². The Morgan fingerprint density at radius 2 is 2.08 bits per heavy atom. The Hall–Kier alpha value is -0.340. The van der Waals surface area contributed by atoms with Crippen molar-refractivity contribution >= 4 is 15.9 Å². The van der Waals surface area contributed by atoms with Crippen LogP contribution >= 0.6 is 15.9 Å². The van der Waals surface area contributed by atoms with Gasteiger partial charge in [0.15, 0.2) is 0 Å². The molecule has 0 heterocycles. The zero-order valence-electron chi connectivity index (χ0n) is 7.83. The average molecular weight is 243 g/mol. The highest BCUT2D eigenvalue weighted by atomic mass is 79.9. The molecule has 1 aromatic carbocycles. The molecule has 1 unspecified atom stereocenters. The summed E-state index contributed by atoms with van der Waals surface area (Å²) < 4.78 is 1.17. The molecule has 1 N–H and O–H groups in total. The van der Waals surface area contributed by atoms with Crippen LogP contribution < -0.4 is 0 Å². The lowest BCUT2D eigenvalue weighted by atomic mass is 10.0. The van der Waals surface area contributed by atoms with Gasteiger partial charge in [0.05, 0.1) is 0 Å². The van der Waals surface area contributed by atoms with Gasteiger partial charge in [0.25, 0.3) is 0 Å². The number of aliphatic hydroxyl groups is 1. The monoisotopic (exact) mass is 242 g/mol. The van der Waals surface area contributed by atoms with Crippen LogP contribution in [0, 0.1) is 5.92 Å². The minimum Gasteiger partial charge on any atom is -0.396 e. The number of benzene rings is 1. The first kappa shape index (κ1) is 10.7. The van der Waals surface area contributed by atoms with Crippen molar-refractivity contribution in [3.8, 4) is 0 Å². The zero-order chi connectivity index (χ0) is 9.68. The van der Waals surface area contributed by atoms with Gasteiger partial charge in [-0.15, -0.1) is 0 Å². The first-order valence-corrected chi connectivity index (χ1v) is 5.37. The molecule has 0 spiro atoms. The molecule has 0 fully saturated rings. The summed E-state index contributed by atoms with van der Waals surface area (Å²) in [5, 5.41) is 8.87. The summed E-state index contributed by atoms with van der Waals surface area (Å²) in [5.74, 6) is 0.395. The van der Waals surface area contributed by atoms with Gasteiger partial charge in [-0.1, -0.05) is 41.1 Å². The molecule has 0 amide bonds. The minimum absolute atomic E-state index is 0.282. The molecule has 1 rings (SSSR count). The van der Waals surface area contributed by atoms with E-state index in [0.29, 0.717) is 5.92 Å². The Balaban J connectivity index is 2.50. The van der Waals surface area contributed by atoms with Gasteiger partial charge in [-0.2, -0.15) is 0 Å². The van der Waals surface area contributed by atoms with E-state index >= 15 is 0 Å². The molecule has 0 aliphatic rings. The second-order valence-electron chi connectivity index (χ2n) is 3.42. The molecule has 13 heavy (non-hydrogen) atoms. The van der Waals surface area contributed by atoms with Gasteiger partial charge in [0, 0.05) is 11.1 Å². The van der Waals surface area contributed by atoms with Crippen molar-refractivity contribution in [3.05, 3.63) is 34.3 Å². The average Bonchev–Trinajstić information content (AvgIpc) is 2.16. The Bertz CT molecular complexity index is 260. The SMILES string of the molecule is CC(CO)CCc1ccccc1Br. The van der Waals surface area contributed by atoms with Crippen molar-refractivity contribution in [3.63, 3.8) is 0 Å². The Morgan fingerprint density at radius 1 is 1.38 bits per heavy atom. The first-order valence-electron chi connectivity index (χ1n) is 4.58. The van der Waals surface area contributed by atoms with Gasteiger partial charge in [-0.05, 0) is 30.4 Å². The van der Waals surface area contributed by atoms with E-state index in [2.05, 4.69) is 35.0 Å². The fraction of sp³-hybridized carbons (Fsp3) is 0.455. The number of hydrogen-bond acceptors (Lipinski definition) is 1. The van der Waals surface area contributed by atoms with Crippen LogP contribution in [0.1, 0.15) is 18.9 Å². The van der Waals surface area contributed by atoms with Crippen LogP contribution in [0.4, 0.5) is 0 Å². The number of hydrogen-bond donors (Lipinski definition) is 1. The molecule has 0 saturated carbocycles. The molecule has 1 atom stereocenters. The van der Waals surface area contributed by atoms with Gasteiger partial charge < -0.3 is 5.11 Å². The summed E-state index contributed by atoms with van der Waals surface area (Å²) in [6.07, 6.45) is 2.07. The van der Waals surface area contributed by atoms with Crippen molar-refractivity contribution < 1.29 is 5.11 Å². The van der Waals surface area contributed by atoms with Crippen molar-refractivity contribution in [2.24, 2.45) is 5.92 Å². The van der Waals surface area contributed by atoms with Crippen LogP contribution in [-0.4, -0.2) is 11.7 Å². The van der Waals surface area contributed by atoms with Crippen LogP contribution in [0.15, 0.2) is 28.7 Å². The highest BCUT2D eigenvalue weighted by Crippen LogP contribution is 2.18. The molecule has 0 saturated heterocycles. The second kappa shape index (κ2) is 5.40. The lowest BCUT2D eigenvalue weighted by molar-refractivity contribution is 0.230. The predicted molar refractivity (Wildman–Crippen MR) is 58.7 cm³/mol. The van der Waals surface area contributed by atoms with E-state index in [0.717, 1.165) is 12.8 Å². The Kier molecular flexibility index (Phi) is 4.46. The van der Waals surface area contributed by atoms with Gasteiger partial charge >= 0.3 is 0 Å². The zero-order valence-corrected chi connectivity index (χ0v) is 9.42. The highest BCUT2D eigenvalue weighted by molar-refractivity contribution is 9.10. The third-order valence-electron chi connectivity index (χ3n) is 2.18. The Morgan fingerprint density at radius 3 is 2.69 bits per heavy atom. The number of halogens is 1. The van der Waals surface area contributed by atoms with Crippen molar-refractivity contribution in [1.29, 1.82) is 0 Å². The highest BCUT2D eigenvalue weighted by Gasteiger charge is 2.02. The third kappa shape index (κ3) is 3.49. The minimum atomic E-state index is 0.282. The quantitative estimate of drug-likeness (QED) is 0.861. The summed E-state index contributed by atoms with van der Waals surface area (Å²) in [6, 6.07) is 8.24. The van der Waals surface area contributed by atoms with Crippen molar-refractivity contribution in [2.45, 2.75) is 19.8 Å². The summed E-state index contributed by atoms with van der Waals surface area (Å²) in [7, 11) is 0. The molecule has 0 radical (unpaired) electrons. The fourth-order valence-electron chi connectivity index (χ4n) is 1.19. The molecule has 0 aliphatic heterocycles. The van der Waals surface area contributed by atoms with Crippen LogP contribution in [0.25, 0.3) is 0 Å². The molecule has 2 heteroatoms. The van der Waals surface area contributed by atoms with Crippen molar-refractivity contribution in [1.82, 2.24) is 0 Å². The third-order valence-corrected chi connectivity index (χ3v) is 2.95. The Labute approximate surface area is 87.9 Å². The summed E-state index contributed by atoms with van der Waals surface area (Å²) in [6.45, 7) is 2.35. The van der Waals surface area contributed by atoms with E-state index < -0.39 is 0 Å². The second-order valence-corrected chi connectivity index (χ2v) is 4.27. The topological polar surface area (TPSA) is 20.2 Å². The van der Waals surface area contributed by atoms with E-state index in [1.165, 1.54) is 10.0 Å². The van der Waals surface area contributed by atoms with Crippen LogP contribution in [0.2, 0.25) is 0 Å². The van der Waals surface area contributed by atoms with Crippen LogP contribution in [-0.2, 0) is 6.42 Å². The summed E-state index contributed by atoms with van der Waals surface area (Å²) >= 11 is 3.51. The first-order chi connectivity index (χ1) is 6.24. The van der Waals surface area contributed by atoms with Crippen LogP contribution in [0.5, 0.6) is 0 Å². The van der Waals surface area contributed by atoms with Gasteiger partial charge in [-0.3, -0.25) is 0 Å². The lowest BCUT2D eigenvalue weighted by Gasteiger charge is -2.08.